The van der Waals surface area contributed by atoms with Gasteiger partial charge in [-0.3, -0.25) is 13.9 Å². The van der Waals surface area contributed by atoms with Crippen LogP contribution in [0.2, 0.25) is 5.02 Å². The van der Waals surface area contributed by atoms with Crippen molar-refractivity contribution in [3.8, 4) is 5.75 Å². The third-order valence-corrected chi connectivity index (χ3v) is 8.39. The molecule has 2 amide bonds. The lowest BCUT2D eigenvalue weighted by molar-refractivity contribution is -0.139. The maximum Gasteiger partial charge on any atom is 0.264 e. The maximum atomic E-state index is 13.8. The summed E-state index contributed by atoms with van der Waals surface area (Å²) in [5.74, 6) is -0.387. The summed E-state index contributed by atoms with van der Waals surface area (Å²) in [5, 5.41) is 3.15. The Morgan fingerprint density at radius 2 is 1.61 bits per heavy atom. The van der Waals surface area contributed by atoms with Gasteiger partial charge >= 0.3 is 0 Å². The first-order valence-corrected chi connectivity index (χ1v) is 14.4. The molecule has 0 unspecified atom stereocenters. The first-order valence-electron chi connectivity index (χ1n) is 11.8. The molecule has 11 heteroatoms. The molecule has 0 aliphatic rings. The number of hydrogen-bond donors (Lipinski definition) is 1. The normalized spacial score (nSPS) is 11.9. The molecule has 38 heavy (non-hydrogen) atoms. The summed E-state index contributed by atoms with van der Waals surface area (Å²) in [4.78, 5) is 27.9. The van der Waals surface area contributed by atoms with Crippen molar-refractivity contribution in [3.63, 3.8) is 0 Å². The van der Waals surface area contributed by atoms with Gasteiger partial charge in [0.2, 0.25) is 11.8 Å². The SMILES string of the molecule is CCNC(=O)[C@@H](C)N(Cc1ccc(Br)cc1)C(=O)CN(c1ccc(Cl)cc1)S(=O)(=O)c1ccc(OC)cc1. The van der Waals surface area contributed by atoms with Gasteiger partial charge in [0, 0.05) is 22.6 Å². The van der Waals surface area contributed by atoms with E-state index in [1.165, 1.54) is 48.4 Å². The Balaban J connectivity index is 2.01. The molecular formula is C27H29BrClN3O5S. The van der Waals surface area contributed by atoms with Gasteiger partial charge in [0.15, 0.2) is 0 Å². The molecule has 0 radical (unpaired) electrons. The number of hydrogen-bond acceptors (Lipinski definition) is 5. The van der Waals surface area contributed by atoms with E-state index in [2.05, 4.69) is 21.2 Å². The number of carbonyl (C=O) groups excluding carboxylic acids is 2. The molecule has 0 bridgehead atoms. The molecule has 0 fully saturated rings. The quantitative estimate of drug-likeness (QED) is 0.330. The van der Waals surface area contributed by atoms with Crippen molar-refractivity contribution >= 4 is 55.1 Å². The van der Waals surface area contributed by atoms with E-state index in [0.717, 1.165) is 14.3 Å². The van der Waals surface area contributed by atoms with E-state index in [0.29, 0.717) is 17.3 Å². The van der Waals surface area contributed by atoms with Crippen LogP contribution in [-0.4, -0.2) is 51.4 Å². The number of nitrogens with one attached hydrogen (secondary N) is 1. The van der Waals surface area contributed by atoms with E-state index in [9.17, 15) is 18.0 Å². The molecule has 1 N–H and O–H groups in total. The smallest absolute Gasteiger partial charge is 0.264 e. The van der Waals surface area contributed by atoms with Crippen LogP contribution >= 0.6 is 27.5 Å². The van der Waals surface area contributed by atoms with Crippen molar-refractivity contribution in [1.82, 2.24) is 10.2 Å². The molecule has 0 aliphatic carbocycles. The summed E-state index contributed by atoms with van der Waals surface area (Å²) >= 11 is 9.43. The highest BCUT2D eigenvalue weighted by atomic mass is 79.9. The molecule has 3 aromatic rings. The van der Waals surface area contributed by atoms with Gasteiger partial charge in [-0.05, 0) is 80.1 Å². The maximum absolute atomic E-state index is 13.8. The number of halogens is 2. The molecule has 202 valence electrons. The Morgan fingerprint density at radius 3 is 2.16 bits per heavy atom. The molecule has 3 rings (SSSR count). The second kappa shape index (κ2) is 13.1. The molecule has 3 aromatic carbocycles. The number of rotatable bonds is 11. The van der Waals surface area contributed by atoms with E-state index < -0.39 is 28.5 Å². The van der Waals surface area contributed by atoms with Crippen LogP contribution < -0.4 is 14.4 Å². The van der Waals surface area contributed by atoms with Crippen LogP contribution in [0.1, 0.15) is 19.4 Å². The molecule has 0 spiro atoms. The summed E-state index contributed by atoms with van der Waals surface area (Å²) in [5.41, 5.74) is 1.04. The van der Waals surface area contributed by atoms with Crippen LogP contribution in [0.25, 0.3) is 0 Å². The molecule has 1 atom stereocenters. The number of carbonyl (C=O) groups is 2. The van der Waals surface area contributed by atoms with Crippen molar-refractivity contribution in [2.45, 2.75) is 31.3 Å². The lowest BCUT2D eigenvalue weighted by atomic mass is 10.1. The predicted octanol–water partition coefficient (Wildman–Crippen LogP) is 4.86. The average molecular weight is 623 g/mol. The van der Waals surface area contributed by atoms with Crippen LogP contribution in [0.4, 0.5) is 5.69 Å². The molecular weight excluding hydrogens is 594 g/mol. The zero-order chi connectivity index (χ0) is 27.9. The summed E-state index contributed by atoms with van der Waals surface area (Å²) in [6.45, 7) is 3.38. The predicted molar refractivity (Wildman–Crippen MR) is 152 cm³/mol. The second-order valence-electron chi connectivity index (χ2n) is 8.38. The number of nitrogens with zero attached hydrogens (tertiary/aromatic N) is 2. The number of methoxy groups -OCH3 is 1. The highest BCUT2D eigenvalue weighted by Gasteiger charge is 2.32. The van der Waals surface area contributed by atoms with Crippen LogP contribution in [0.5, 0.6) is 5.75 Å². The van der Waals surface area contributed by atoms with Crippen LogP contribution in [0, 0.1) is 0 Å². The van der Waals surface area contributed by atoms with E-state index >= 15 is 0 Å². The van der Waals surface area contributed by atoms with Crippen molar-refractivity contribution in [2.75, 3.05) is 24.5 Å². The number of amides is 2. The summed E-state index contributed by atoms with van der Waals surface area (Å²) < 4.78 is 34.6. The van der Waals surface area contributed by atoms with Crippen molar-refractivity contribution in [3.05, 3.63) is 87.9 Å². The fourth-order valence-corrected chi connectivity index (χ4v) is 5.51. The second-order valence-corrected chi connectivity index (χ2v) is 11.6. The van der Waals surface area contributed by atoms with Crippen molar-refractivity contribution in [2.24, 2.45) is 0 Å². The highest BCUT2D eigenvalue weighted by Crippen LogP contribution is 2.27. The summed E-state index contributed by atoms with van der Waals surface area (Å²) in [6.07, 6.45) is 0. The number of sulfonamides is 1. The Labute approximate surface area is 236 Å². The largest absolute Gasteiger partial charge is 0.497 e. The van der Waals surface area contributed by atoms with Gasteiger partial charge in [0.1, 0.15) is 18.3 Å². The zero-order valence-corrected chi connectivity index (χ0v) is 24.4. The summed E-state index contributed by atoms with van der Waals surface area (Å²) in [7, 11) is -2.69. The van der Waals surface area contributed by atoms with Gasteiger partial charge in [0.05, 0.1) is 17.7 Å². The van der Waals surface area contributed by atoms with Crippen LogP contribution in [-0.2, 0) is 26.2 Å². The van der Waals surface area contributed by atoms with Gasteiger partial charge < -0.3 is 15.0 Å². The van der Waals surface area contributed by atoms with E-state index in [-0.39, 0.29) is 23.0 Å². The minimum atomic E-state index is -4.17. The van der Waals surface area contributed by atoms with E-state index in [1.807, 2.05) is 24.3 Å². The minimum Gasteiger partial charge on any atom is -0.497 e. The third-order valence-electron chi connectivity index (χ3n) is 5.83. The molecule has 8 nitrogen and oxygen atoms in total. The van der Waals surface area contributed by atoms with Gasteiger partial charge in [-0.1, -0.05) is 39.7 Å². The summed E-state index contributed by atoms with van der Waals surface area (Å²) in [6, 6.07) is 18.6. The number of anilines is 1. The van der Waals surface area contributed by atoms with Gasteiger partial charge in [-0.2, -0.15) is 0 Å². The minimum absolute atomic E-state index is 0.0164. The van der Waals surface area contributed by atoms with Gasteiger partial charge in [0.25, 0.3) is 10.0 Å². The zero-order valence-electron chi connectivity index (χ0n) is 21.2. The Morgan fingerprint density at radius 1 is 1.00 bits per heavy atom. The number of likely N-dealkylation sites (N-methyl/N-ethyl adjacent to an activating group) is 1. The fourth-order valence-electron chi connectivity index (χ4n) is 3.70. The van der Waals surface area contributed by atoms with E-state index in [4.69, 9.17) is 16.3 Å². The lowest BCUT2D eigenvalue weighted by Crippen LogP contribution is -2.51. The van der Waals surface area contributed by atoms with Crippen molar-refractivity contribution < 1.29 is 22.7 Å². The molecule has 0 aromatic heterocycles. The van der Waals surface area contributed by atoms with Gasteiger partial charge in [-0.15, -0.1) is 0 Å². The third kappa shape index (κ3) is 7.27. The lowest BCUT2D eigenvalue weighted by Gasteiger charge is -2.32. The first kappa shape index (κ1) is 29.5. The van der Waals surface area contributed by atoms with E-state index in [1.54, 1.807) is 26.0 Å². The van der Waals surface area contributed by atoms with Crippen LogP contribution in [0.15, 0.2) is 82.2 Å². The Hall–Kier alpha value is -3.08. The van der Waals surface area contributed by atoms with Gasteiger partial charge in [-0.25, -0.2) is 8.42 Å². The standard InChI is InChI=1S/C27H29BrClN3O5S/c1-4-30-27(34)19(2)31(17-20-5-7-21(28)8-6-20)26(33)18-32(23-11-9-22(29)10-12-23)38(35,36)25-15-13-24(37-3)14-16-25/h5-16,19H,4,17-18H2,1-3H3,(H,30,34)/t19-/m1/s1. The Kier molecular flexibility index (Phi) is 10.2. The van der Waals surface area contributed by atoms with Crippen molar-refractivity contribution in [1.29, 1.82) is 0 Å². The molecule has 0 saturated heterocycles. The molecule has 0 heterocycles. The first-order chi connectivity index (χ1) is 18.1. The Bertz CT molecular complexity index is 1350. The number of benzene rings is 3. The van der Waals surface area contributed by atoms with Crippen LogP contribution in [0.3, 0.4) is 0 Å². The fraction of sp³-hybridized carbons (Fsp3) is 0.259. The topological polar surface area (TPSA) is 96.0 Å². The molecule has 0 aliphatic heterocycles. The highest BCUT2D eigenvalue weighted by molar-refractivity contribution is 9.10. The monoisotopic (exact) mass is 621 g/mol. The number of ether oxygens (including phenoxy) is 1. The molecule has 0 saturated carbocycles. The average Bonchev–Trinajstić information content (AvgIpc) is 2.91.